The Kier molecular flexibility index (Phi) is 8.18. The highest BCUT2D eigenvalue weighted by Crippen LogP contribution is 1.65. The Balaban J connectivity index is 0. The lowest BCUT2D eigenvalue weighted by molar-refractivity contribution is -0.118. The minimum Gasteiger partial charge on any atom is -0.335 e. The molecular weight excluding hydrogens is 156 g/mol. The van der Waals surface area contributed by atoms with Gasteiger partial charge in [0.1, 0.15) is 0 Å². The molecule has 0 aliphatic heterocycles. The van der Waals surface area contributed by atoms with Crippen LogP contribution in [0.5, 0.6) is 0 Å². The first kappa shape index (κ1) is 13.0. The molecule has 0 aromatic carbocycles. The van der Waals surface area contributed by atoms with Gasteiger partial charge in [-0.3, -0.25) is 9.59 Å². The molecule has 0 radical (unpaired) electrons. The van der Waals surface area contributed by atoms with Crippen LogP contribution in [-0.4, -0.2) is 18.5 Å². The minimum atomic E-state index is -0.325. The van der Waals surface area contributed by atoms with E-state index in [0.717, 1.165) is 12.2 Å². The molecule has 0 rings (SSSR count). The van der Waals surface area contributed by atoms with Gasteiger partial charge in [0.05, 0.1) is 6.67 Å². The maximum atomic E-state index is 10.5. The summed E-state index contributed by atoms with van der Waals surface area (Å²) in [5.74, 6) is -0.649. The van der Waals surface area contributed by atoms with E-state index in [1.165, 1.54) is 0 Å². The summed E-state index contributed by atoms with van der Waals surface area (Å²) in [5, 5.41) is 4.72. The summed E-state index contributed by atoms with van der Waals surface area (Å²) in [7, 11) is 0. The minimum absolute atomic E-state index is 0. The molecule has 0 heterocycles. The quantitative estimate of drug-likeness (QED) is 0.467. The van der Waals surface area contributed by atoms with Crippen LogP contribution in [0.25, 0.3) is 0 Å². The third-order valence-corrected chi connectivity index (χ3v) is 0.896. The molecule has 0 aromatic heterocycles. The predicted molar refractivity (Wildman–Crippen MR) is 48.3 cm³/mol. The number of carbonyl (C=O) groups is 2. The van der Waals surface area contributed by atoms with Gasteiger partial charge in [-0.1, -0.05) is 20.6 Å². The van der Waals surface area contributed by atoms with Gasteiger partial charge in [-0.15, -0.1) is 0 Å². The van der Waals surface area contributed by atoms with Crippen molar-refractivity contribution in [3.63, 3.8) is 0 Å². The smallest absolute Gasteiger partial charge is 0.244 e. The highest BCUT2D eigenvalue weighted by Gasteiger charge is 1.93. The zero-order valence-corrected chi connectivity index (χ0v) is 6.09. The van der Waals surface area contributed by atoms with E-state index in [2.05, 4.69) is 23.8 Å². The normalized spacial score (nSPS) is 7.33. The summed E-state index contributed by atoms with van der Waals surface area (Å²) >= 11 is 0. The largest absolute Gasteiger partial charge is 0.335 e. The molecule has 0 aromatic rings. The molecule has 0 bridgehead atoms. The van der Waals surface area contributed by atoms with E-state index in [9.17, 15) is 9.59 Å². The van der Waals surface area contributed by atoms with Crippen LogP contribution in [0.3, 0.4) is 0 Å². The number of hydrogen-bond donors (Lipinski definition) is 2. The van der Waals surface area contributed by atoms with Gasteiger partial charge < -0.3 is 10.6 Å². The molecule has 2 N–H and O–H groups in total. The van der Waals surface area contributed by atoms with Crippen molar-refractivity contribution >= 4 is 11.8 Å². The van der Waals surface area contributed by atoms with Crippen LogP contribution in [0.1, 0.15) is 7.43 Å². The average Bonchev–Trinajstić information content (AvgIpc) is 2.04. The average molecular weight is 170 g/mol. The summed E-state index contributed by atoms with van der Waals surface area (Å²) in [4.78, 5) is 21.0. The zero-order valence-electron chi connectivity index (χ0n) is 6.09. The SMILES string of the molecule is C.C=CC(=O)NCNC(=O)C=C. The molecule has 4 nitrogen and oxygen atoms in total. The lowest BCUT2D eigenvalue weighted by atomic mass is 10.5. The topological polar surface area (TPSA) is 58.2 Å². The molecule has 0 unspecified atom stereocenters. The second-order valence-corrected chi connectivity index (χ2v) is 1.67. The lowest BCUT2D eigenvalue weighted by Gasteiger charge is -2.01. The number of rotatable bonds is 4. The monoisotopic (exact) mass is 170 g/mol. The Bertz CT molecular complexity index is 167. The van der Waals surface area contributed by atoms with Crippen molar-refractivity contribution in [1.82, 2.24) is 10.6 Å². The first-order valence-corrected chi connectivity index (χ1v) is 3.01. The third kappa shape index (κ3) is 6.54. The van der Waals surface area contributed by atoms with Crippen molar-refractivity contribution in [3.8, 4) is 0 Å². The molecule has 2 amide bonds. The van der Waals surface area contributed by atoms with Crippen LogP contribution in [0.2, 0.25) is 0 Å². The maximum Gasteiger partial charge on any atom is 0.244 e. The van der Waals surface area contributed by atoms with Gasteiger partial charge in [0.25, 0.3) is 0 Å². The molecule has 0 aliphatic rings. The van der Waals surface area contributed by atoms with Crippen molar-refractivity contribution < 1.29 is 9.59 Å². The van der Waals surface area contributed by atoms with Crippen LogP contribution >= 0.6 is 0 Å². The summed E-state index contributed by atoms with van der Waals surface area (Å²) in [6.45, 7) is 6.56. The van der Waals surface area contributed by atoms with Crippen LogP contribution < -0.4 is 10.6 Å². The number of nitrogens with one attached hydrogen (secondary N) is 2. The number of carbonyl (C=O) groups excluding carboxylic acids is 2. The van der Waals surface area contributed by atoms with Crippen molar-refractivity contribution in [2.75, 3.05) is 6.67 Å². The van der Waals surface area contributed by atoms with Gasteiger partial charge in [0, 0.05) is 0 Å². The van der Waals surface area contributed by atoms with Gasteiger partial charge in [-0.25, -0.2) is 0 Å². The summed E-state index contributed by atoms with van der Waals surface area (Å²) in [5.41, 5.74) is 0. The van der Waals surface area contributed by atoms with Crippen molar-refractivity contribution in [2.45, 2.75) is 7.43 Å². The van der Waals surface area contributed by atoms with E-state index in [0.29, 0.717) is 0 Å². The van der Waals surface area contributed by atoms with Crippen LogP contribution in [0.4, 0.5) is 0 Å². The van der Waals surface area contributed by atoms with Gasteiger partial charge in [-0.05, 0) is 12.2 Å². The molecule has 0 atom stereocenters. The Labute approximate surface area is 72.3 Å². The fourth-order valence-electron chi connectivity index (χ4n) is 0.363. The molecular formula is C8H14N2O2. The Hall–Kier alpha value is -1.58. The summed E-state index contributed by atoms with van der Waals surface area (Å²) in [6, 6.07) is 0. The molecule has 68 valence electrons. The van der Waals surface area contributed by atoms with E-state index >= 15 is 0 Å². The van der Waals surface area contributed by atoms with Crippen LogP contribution in [0.15, 0.2) is 25.3 Å². The Morgan fingerprint density at radius 2 is 1.42 bits per heavy atom. The zero-order chi connectivity index (χ0) is 8.69. The van der Waals surface area contributed by atoms with Crippen molar-refractivity contribution in [1.29, 1.82) is 0 Å². The lowest BCUT2D eigenvalue weighted by Crippen LogP contribution is -2.35. The van der Waals surface area contributed by atoms with E-state index < -0.39 is 0 Å². The molecule has 12 heavy (non-hydrogen) atoms. The van der Waals surface area contributed by atoms with Crippen LogP contribution in [0, 0.1) is 0 Å². The van der Waals surface area contributed by atoms with E-state index in [-0.39, 0.29) is 25.9 Å². The second-order valence-electron chi connectivity index (χ2n) is 1.67. The summed E-state index contributed by atoms with van der Waals surface area (Å²) < 4.78 is 0. The van der Waals surface area contributed by atoms with Gasteiger partial charge >= 0.3 is 0 Å². The third-order valence-electron chi connectivity index (χ3n) is 0.896. The highest BCUT2D eigenvalue weighted by atomic mass is 16.2. The first-order chi connectivity index (χ1) is 5.20. The Morgan fingerprint density at radius 1 is 1.08 bits per heavy atom. The van der Waals surface area contributed by atoms with Gasteiger partial charge in [0.2, 0.25) is 11.8 Å². The first-order valence-electron chi connectivity index (χ1n) is 3.01. The Morgan fingerprint density at radius 3 is 1.67 bits per heavy atom. The predicted octanol–water partition coefficient (Wildman–Crippen LogP) is 0.184. The van der Waals surface area contributed by atoms with Gasteiger partial charge in [0.15, 0.2) is 0 Å². The molecule has 0 aliphatic carbocycles. The highest BCUT2D eigenvalue weighted by molar-refractivity contribution is 5.89. The van der Waals surface area contributed by atoms with E-state index in [1.807, 2.05) is 0 Å². The molecule has 0 saturated carbocycles. The molecule has 0 spiro atoms. The van der Waals surface area contributed by atoms with Gasteiger partial charge in [-0.2, -0.15) is 0 Å². The second kappa shape index (κ2) is 7.53. The summed E-state index contributed by atoms with van der Waals surface area (Å²) in [6.07, 6.45) is 2.25. The van der Waals surface area contributed by atoms with Crippen molar-refractivity contribution in [3.05, 3.63) is 25.3 Å². The van der Waals surface area contributed by atoms with E-state index in [1.54, 1.807) is 0 Å². The maximum absolute atomic E-state index is 10.5. The fraction of sp³-hybridized carbons (Fsp3) is 0.250. The number of hydrogen-bond acceptors (Lipinski definition) is 2. The molecule has 0 saturated heterocycles. The molecule has 4 heteroatoms. The fourth-order valence-corrected chi connectivity index (χ4v) is 0.363. The van der Waals surface area contributed by atoms with Crippen LogP contribution in [-0.2, 0) is 9.59 Å². The van der Waals surface area contributed by atoms with E-state index in [4.69, 9.17) is 0 Å². The standard InChI is InChI=1S/C7H10N2O2.CH4/c1-3-6(10)8-5-9-7(11)4-2;/h3-4H,1-2,5H2,(H,8,10)(H,9,11);1H4. The molecule has 0 fully saturated rings. The number of amides is 2. The van der Waals surface area contributed by atoms with Crippen molar-refractivity contribution in [2.24, 2.45) is 0 Å².